The molecular formula is C19H12O5S. The van der Waals surface area contributed by atoms with Gasteiger partial charge in [0.25, 0.3) is 0 Å². The van der Waals surface area contributed by atoms with Gasteiger partial charge in [-0.25, -0.2) is 4.79 Å². The minimum atomic E-state index is -0.393. The van der Waals surface area contributed by atoms with Crippen LogP contribution < -0.4 is 18.9 Å². The lowest BCUT2D eigenvalue weighted by atomic mass is 10.1. The Hall–Kier alpha value is -2.99. The van der Waals surface area contributed by atoms with E-state index in [9.17, 15) is 4.79 Å². The van der Waals surface area contributed by atoms with E-state index in [4.69, 9.17) is 18.9 Å². The largest absolute Gasteiger partial charge is 0.488 e. The molecule has 3 heterocycles. The average Bonchev–Trinajstić information content (AvgIpc) is 3.28. The van der Waals surface area contributed by atoms with Gasteiger partial charge in [0.15, 0.2) is 11.5 Å². The van der Waals surface area contributed by atoms with Crippen molar-refractivity contribution < 1.29 is 23.7 Å². The molecule has 0 radical (unpaired) electrons. The van der Waals surface area contributed by atoms with Crippen molar-refractivity contribution in [2.75, 3.05) is 6.79 Å². The Labute approximate surface area is 147 Å². The van der Waals surface area contributed by atoms with Gasteiger partial charge in [-0.15, -0.1) is 11.3 Å². The highest BCUT2D eigenvalue weighted by molar-refractivity contribution is 7.17. The van der Waals surface area contributed by atoms with Gasteiger partial charge in [0.1, 0.15) is 23.0 Å². The predicted octanol–water partition coefficient (Wildman–Crippen LogP) is 4.26. The SMILES string of the molecule is O=C(Oc1ccc2c(c1)OCO2)c1cc2c(s1)-c1ccccc1OC2. The van der Waals surface area contributed by atoms with Gasteiger partial charge in [0.05, 0.1) is 0 Å². The number of fused-ring (bicyclic) bond motifs is 4. The molecule has 0 atom stereocenters. The number of benzene rings is 2. The van der Waals surface area contributed by atoms with Crippen LogP contribution in [0.4, 0.5) is 0 Å². The molecule has 6 heteroatoms. The summed E-state index contributed by atoms with van der Waals surface area (Å²) in [5.74, 6) is 2.11. The van der Waals surface area contributed by atoms with E-state index in [0.29, 0.717) is 28.7 Å². The minimum absolute atomic E-state index is 0.184. The molecule has 2 aliphatic rings. The summed E-state index contributed by atoms with van der Waals surface area (Å²) < 4.78 is 21.8. The molecule has 124 valence electrons. The minimum Gasteiger partial charge on any atom is -0.488 e. The molecule has 0 saturated heterocycles. The Balaban J connectivity index is 1.43. The lowest BCUT2D eigenvalue weighted by molar-refractivity contribution is 0.0739. The summed E-state index contributed by atoms with van der Waals surface area (Å²) in [5.41, 5.74) is 2.01. The molecule has 2 aromatic carbocycles. The van der Waals surface area contributed by atoms with E-state index in [2.05, 4.69) is 0 Å². The fourth-order valence-corrected chi connectivity index (χ4v) is 3.97. The summed E-state index contributed by atoms with van der Waals surface area (Å²) >= 11 is 1.42. The maximum atomic E-state index is 12.5. The summed E-state index contributed by atoms with van der Waals surface area (Å²) in [5, 5.41) is 0. The smallest absolute Gasteiger partial charge is 0.353 e. The lowest BCUT2D eigenvalue weighted by Crippen LogP contribution is -2.06. The van der Waals surface area contributed by atoms with E-state index in [1.54, 1.807) is 18.2 Å². The summed E-state index contributed by atoms with van der Waals surface area (Å²) in [6.45, 7) is 0.643. The molecule has 5 rings (SSSR count). The first-order chi connectivity index (χ1) is 12.3. The standard InChI is InChI=1S/C19H12O5S/c20-19(24-12-5-6-15-16(8-12)23-10-22-15)17-7-11-9-21-14-4-2-1-3-13(14)18(11)25-17/h1-8H,9-10H2. The monoisotopic (exact) mass is 352 g/mol. The summed E-state index contributed by atoms with van der Waals surface area (Å²) in [4.78, 5) is 14.1. The number of hydrogen-bond acceptors (Lipinski definition) is 6. The first-order valence-corrected chi connectivity index (χ1v) is 8.56. The van der Waals surface area contributed by atoms with Crippen molar-refractivity contribution in [3.63, 3.8) is 0 Å². The van der Waals surface area contributed by atoms with Crippen molar-refractivity contribution >= 4 is 17.3 Å². The van der Waals surface area contributed by atoms with E-state index in [-0.39, 0.29) is 6.79 Å². The number of carbonyl (C=O) groups excluding carboxylic acids is 1. The van der Waals surface area contributed by atoms with Crippen LogP contribution >= 0.6 is 11.3 Å². The van der Waals surface area contributed by atoms with Crippen molar-refractivity contribution in [2.45, 2.75) is 6.61 Å². The molecule has 3 aromatic rings. The van der Waals surface area contributed by atoms with E-state index >= 15 is 0 Å². The van der Waals surface area contributed by atoms with Gasteiger partial charge in [-0.05, 0) is 30.3 Å². The first kappa shape index (κ1) is 14.4. The summed E-state index contributed by atoms with van der Waals surface area (Å²) in [7, 11) is 0. The van der Waals surface area contributed by atoms with E-state index in [0.717, 1.165) is 21.8 Å². The fourth-order valence-electron chi connectivity index (χ4n) is 2.90. The zero-order valence-electron chi connectivity index (χ0n) is 13.0. The molecule has 25 heavy (non-hydrogen) atoms. The van der Waals surface area contributed by atoms with Gasteiger partial charge >= 0.3 is 5.97 Å². The van der Waals surface area contributed by atoms with Crippen LogP contribution in [-0.4, -0.2) is 12.8 Å². The summed E-state index contributed by atoms with van der Waals surface area (Å²) in [6.07, 6.45) is 0. The number of carbonyl (C=O) groups is 1. The molecular weight excluding hydrogens is 340 g/mol. The van der Waals surface area contributed by atoms with Crippen molar-refractivity contribution in [1.29, 1.82) is 0 Å². The molecule has 0 fully saturated rings. The Morgan fingerprint density at radius 2 is 1.84 bits per heavy atom. The zero-order valence-corrected chi connectivity index (χ0v) is 13.8. The fraction of sp³-hybridized carbons (Fsp3) is 0.105. The highest BCUT2D eigenvalue weighted by atomic mass is 32.1. The second-order valence-electron chi connectivity index (χ2n) is 5.65. The van der Waals surface area contributed by atoms with Crippen molar-refractivity contribution in [3.8, 4) is 33.4 Å². The van der Waals surface area contributed by atoms with Crippen LogP contribution in [0.5, 0.6) is 23.0 Å². The van der Waals surface area contributed by atoms with Crippen LogP contribution in [0.1, 0.15) is 15.2 Å². The van der Waals surface area contributed by atoms with Crippen molar-refractivity contribution in [1.82, 2.24) is 0 Å². The highest BCUT2D eigenvalue weighted by Crippen LogP contribution is 2.42. The maximum absolute atomic E-state index is 12.5. The molecule has 0 spiro atoms. The molecule has 2 aliphatic heterocycles. The third-order valence-electron chi connectivity index (χ3n) is 4.08. The van der Waals surface area contributed by atoms with Crippen LogP contribution in [0.15, 0.2) is 48.5 Å². The van der Waals surface area contributed by atoms with E-state index in [1.807, 2.05) is 30.3 Å². The van der Waals surface area contributed by atoms with Gasteiger partial charge in [-0.3, -0.25) is 0 Å². The van der Waals surface area contributed by atoms with Crippen LogP contribution in [0, 0.1) is 0 Å². The van der Waals surface area contributed by atoms with Crippen LogP contribution in [0.2, 0.25) is 0 Å². The number of thiophene rings is 1. The Kier molecular flexibility index (Phi) is 3.18. The molecule has 0 amide bonds. The van der Waals surface area contributed by atoms with Crippen LogP contribution in [0.3, 0.4) is 0 Å². The van der Waals surface area contributed by atoms with E-state index < -0.39 is 5.97 Å². The third kappa shape index (κ3) is 2.42. The van der Waals surface area contributed by atoms with E-state index in [1.165, 1.54) is 11.3 Å². The van der Waals surface area contributed by atoms with Gasteiger partial charge in [-0.2, -0.15) is 0 Å². The molecule has 0 aliphatic carbocycles. The van der Waals surface area contributed by atoms with Crippen LogP contribution in [-0.2, 0) is 6.61 Å². The molecule has 0 unspecified atom stereocenters. The first-order valence-electron chi connectivity index (χ1n) is 7.75. The molecule has 0 N–H and O–H groups in total. The lowest BCUT2D eigenvalue weighted by Gasteiger charge is -2.16. The van der Waals surface area contributed by atoms with Gasteiger partial charge in [-0.1, -0.05) is 12.1 Å². The quantitative estimate of drug-likeness (QED) is 0.510. The average molecular weight is 352 g/mol. The number of rotatable bonds is 2. The molecule has 5 nitrogen and oxygen atoms in total. The van der Waals surface area contributed by atoms with Crippen molar-refractivity contribution in [3.05, 3.63) is 59.0 Å². The number of hydrogen-bond donors (Lipinski definition) is 0. The third-order valence-corrected chi connectivity index (χ3v) is 5.27. The molecule has 0 bridgehead atoms. The Bertz CT molecular complexity index is 991. The number of ether oxygens (including phenoxy) is 4. The highest BCUT2D eigenvalue weighted by Gasteiger charge is 2.23. The van der Waals surface area contributed by atoms with Crippen molar-refractivity contribution in [2.24, 2.45) is 0 Å². The zero-order chi connectivity index (χ0) is 16.8. The Morgan fingerprint density at radius 3 is 2.80 bits per heavy atom. The van der Waals surface area contributed by atoms with Gasteiger partial charge < -0.3 is 18.9 Å². The predicted molar refractivity (Wildman–Crippen MR) is 91.6 cm³/mol. The second kappa shape index (κ2) is 5.53. The number of esters is 1. The summed E-state index contributed by atoms with van der Waals surface area (Å²) in [6, 6.07) is 14.7. The normalized spacial score (nSPS) is 13.6. The second-order valence-corrected chi connectivity index (χ2v) is 6.71. The molecule has 1 aromatic heterocycles. The van der Waals surface area contributed by atoms with Gasteiger partial charge in [0, 0.05) is 22.1 Å². The Morgan fingerprint density at radius 1 is 0.960 bits per heavy atom. The van der Waals surface area contributed by atoms with Crippen LogP contribution in [0.25, 0.3) is 10.4 Å². The molecule has 0 saturated carbocycles. The topological polar surface area (TPSA) is 54.0 Å². The number of para-hydroxylation sites is 1. The maximum Gasteiger partial charge on any atom is 0.353 e. The van der Waals surface area contributed by atoms with Gasteiger partial charge in [0.2, 0.25) is 6.79 Å².